The summed E-state index contributed by atoms with van der Waals surface area (Å²) in [5, 5.41) is 32.3. The van der Waals surface area contributed by atoms with Crippen molar-refractivity contribution in [3.05, 3.63) is 96.2 Å². The van der Waals surface area contributed by atoms with Crippen molar-refractivity contribution in [3.8, 4) is 17.7 Å². The largest absolute Gasteiger partial charge is 0.497 e. The van der Waals surface area contributed by atoms with Gasteiger partial charge in [0.05, 0.1) is 29.1 Å². The first-order valence-electron chi connectivity index (χ1n) is 9.85. The van der Waals surface area contributed by atoms with Crippen LogP contribution in [0.2, 0.25) is 0 Å². The van der Waals surface area contributed by atoms with Crippen LogP contribution in [0.4, 0.5) is 5.69 Å². The van der Waals surface area contributed by atoms with E-state index in [2.05, 4.69) is 6.07 Å². The SMILES string of the molecule is COc1ccc(C(c2c(O)n(C)c(=O)n(C)c2=O)C(C)(C#N)c2ccc([N+](=O)[O-])cc2)cc1. The van der Waals surface area contributed by atoms with Crippen molar-refractivity contribution in [1.82, 2.24) is 9.13 Å². The minimum atomic E-state index is -1.45. The van der Waals surface area contributed by atoms with Crippen LogP contribution in [0, 0.1) is 21.4 Å². The number of non-ortho nitro benzene ring substituents is 1. The first-order chi connectivity index (χ1) is 15.6. The topological polar surface area (TPSA) is 140 Å². The van der Waals surface area contributed by atoms with Crippen LogP contribution < -0.4 is 16.0 Å². The maximum atomic E-state index is 13.2. The average molecular weight is 450 g/mol. The van der Waals surface area contributed by atoms with Gasteiger partial charge in [-0.2, -0.15) is 5.26 Å². The molecule has 0 aliphatic rings. The van der Waals surface area contributed by atoms with Crippen LogP contribution in [0.5, 0.6) is 11.6 Å². The van der Waals surface area contributed by atoms with Gasteiger partial charge >= 0.3 is 5.69 Å². The highest BCUT2D eigenvalue weighted by Gasteiger charge is 2.42. The Balaban J connectivity index is 2.39. The van der Waals surface area contributed by atoms with Gasteiger partial charge in [0.15, 0.2) is 0 Å². The quantitative estimate of drug-likeness (QED) is 0.449. The molecule has 0 saturated heterocycles. The number of aromatic hydroxyl groups is 1. The van der Waals surface area contributed by atoms with Gasteiger partial charge in [0, 0.05) is 32.1 Å². The fourth-order valence-corrected chi connectivity index (χ4v) is 3.92. The molecule has 2 unspecified atom stereocenters. The lowest BCUT2D eigenvalue weighted by atomic mass is 9.67. The van der Waals surface area contributed by atoms with Gasteiger partial charge in [-0.25, -0.2) is 4.79 Å². The summed E-state index contributed by atoms with van der Waals surface area (Å²) in [6, 6.07) is 14.3. The Morgan fingerprint density at radius 3 is 2.15 bits per heavy atom. The molecule has 0 aliphatic carbocycles. The third kappa shape index (κ3) is 3.85. The zero-order valence-electron chi connectivity index (χ0n) is 18.5. The van der Waals surface area contributed by atoms with Crippen LogP contribution >= 0.6 is 0 Å². The monoisotopic (exact) mass is 450 g/mol. The first kappa shape index (κ1) is 23.3. The van der Waals surface area contributed by atoms with Crippen LogP contribution in [-0.2, 0) is 19.5 Å². The fraction of sp³-hybridized carbons (Fsp3) is 0.261. The lowest BCUT2D eigenvalue weighted by Gasteiger charge is -2.33. The molecule has 33 heavy (non-hydrogen) atoms. The molecule has 3 rings (SSSR count). The first-order valence-corrected chi connectivity index (χ1v) is 9.85. The Labute approximate surface area is 188 Å². The van der Waals surface area contributed by atoms with Crippen molar-refractivity contribution in [1.29, 1.82) is 5.26 Å². The molecule has 0 bridgehead atoms. The third-order valence-corrected chi connectivity index (χ3v) is 5.89. The Kier molecular flexibility index (Phi) is 6.08. The van der Waals surface area contributed by atoms with E-state index in [9.17, 15) is 30.1 Å². The average Bonchev–Trinajstić information content (AvgIpc) is 2.84. The molecule has 1 N–H and O–H groups in total. The number of nitro groups is 1. The maximum Gasteiger partial charge on any atom is 0.333 e. The number of rotatable bonds is 6. The molecule has 0 spiro atoms. The number of hydrogen-bond acceptors (Lipinski definition) is 7. The molecule has 2 aromatic carbocycles. The van der Waals surface area contributed by atoms with Gasteiger partial charge in [0.25, 0.3) is 11.2 Å². The Morgan fingerprint density at radius 1 is 1.09 bits per heavy atom. The zero-order chi connectivity index (χ0) is 24.5. The van der Waals surface area contributed by atoms with Crippen molar-refractivity contribution >= 4 is 5.69 Å². The number of benzene rings is 2. The van der Waals surface area contributed by atoms with E-state index in [1.54, 1.807) is 31.2 Å². The van der Waals surface area contributed by atoms with Crippen molar-refractivity contribution in [2.75, 3.05) is 7.11 Å². The lowest BCUT2D eigenvalue weighted by Crippen LogP contribution is -2.42. The highest BCUT2D eigenvalue weighted by molar-refractivity contribution is 5.50. The molecular formula is C23H22N4O6. The van der Waals surface area contributed by atoms with Crippen molar-refractivity contribution in [3.63, 3.8) is 0 Å². The molecule has 1 aromatic heterocycles. The molecule has 0 saturated carbocycles. The van der Waals surface area contributed by atoms with E-state index >= 15 is 0 Å². The molecule has 0 radical (unpaired) electrons. The smallest absolute Gasteiger partial charge is 0.333 e. The summed E-state index contributed by atoms with van der Waals surface area (Å²) in [5.41, 5.74) is -2.32. The van der Waals surface area contributed by atoms with Crippen LogP contribution in [-0.4, -0.2) is 26.3 Å². The third-order valence-electron chi connectivity index (χ3n) is 5.89. The zero-order valence-corrected chi connectivity index (χ0v) is 18.5. The van der Waals surface area contributed by atoms with Gasteiger partial charge in [-0.1, -0.05) is 24.3 Å². The minimum Gasteiger partial charge on any atom is -0.497 e. The summed E-state index contributed by atoms with van der Waals surface area (Å²) < 4.78 is 6.99. The Morgan fingerprint density at radius 2 is 1.67 bits per heavy atom. The Hall–Kier alpha value is -4.39. The highest BCUT2D eigenvalue weighted by atomic mass is 16.6. The Bertz CT molecular complexity index is 1370. The van der Waals surface area contributed by atoms with Gasteiger partial charge in [-0.15, -0.1) is 0 Å². The molecule has 3 aromatic rings. The second-order valence-electron chi connectivity index (χ2n) is 7.77. The lowest BCUT2D eigenvalue weighted by molar-refractivity contribution is -0.384. The summed E-state index contributed by atoms with van der Waals surface area (Å²) in [6.45, 7) is 1.58. The number of methoxy groups -OCH3 is 1. The van der Waals surface area contributed by atoms with Crippen molar-refractivity contribution in [2.24, 2.45) is 14.1 Å². The fourth-order valence-electron chi connectivity index (χ4n) is 3.92. The van der Waals surface area contributed by atoms with Gasteiger partial charge in [0.1, 0.15) is 5.75 Å². The second kappa shape index (κ2) is 8.63. The summed E-state index contributed by atoms with van der Waals surface area (Å²) in [6.07, 6.45) is 0. The summed E-state index contributed by atoms with van der Waals surface area (Å²) in [5.74, 6) is -1.04. The van der Waals surface area contributed by atoms with Crippen molar-refractivity contribution in [2.45, 2.75) is 18.3 Å². The molecule has 0 fully saturated rings. The predicted molar refractivity (Wildman–Crippen MR) is 119 cm³/mol. The molecule has 10 heteroatoms. The number of nitro benzene ring substituents is 1. The number of nitriles is 1. The normalized spacial score (nSPS) is 13.5. The van der Waals surface area contributed by atoms with E-state index in [0.717, 1.165) is 9.13 Å². The van der Waals surface area contributed by atoms with Gasteiger partial charge in [-0.05, 0) is 30.2 Å². The highest BCUT2D eigenvalue weighted by Crippen LogP contribution is 2.44. The summed E-state index contributed by atoms with van der Waals surface area (Å²) in [7, 11) is 4.10. The van der Waals surface area contributed by atoms with E-state index in [-0.39, 0.29) is 11.3 Å². The standard InChI is InChI=1S/C23H22N4O6/c1-23(13-24,15-7-9-16(10-8-15)27(31)32)19(14-5-11-17(33-4)12-6-14)18-20(28)25(2)22(30)26(3)21(18)29/h5-12,19,28H,1-4H3. The van der Waals surface area contributed by atoms with Gasteiger partial charge in [-0.3, -0.25) is 24.0 Å². The van der Waals surface area contributed by atoms with E-state index in [1.165, 1.54) is 45.5 Å². The maximum absolute atomic E-state index is 13.2. The number of nitrogens with zero attached hydrogens (tertiary/aromatic N) is 4. The van der Waals surface area contributed by atoms with E-state index in [4.69, 9.17) is 4.74 Å². The van der Waals surface area contributed by atoms with Gasteiger partial charge < -0.3 is 9.84 Å². The van der Waals surface area contributed by atoms with Crippen molar-refractivity contribution < 1.29 is 14.8 Å². The molecule has 10 nitrogen and oxygen atoms in total. The molecule has 0 aliphatic heterocycles. The predicted octanol–water partition coefficient (Wildman–Crippen LogP) is 2.32. The van der Waals surface area contributed by atoms with E-state index < -0.39 is 33.4 Å². The molecule has 0 amide bonds. The van der Waals surface area contributed by atoms with Crippen LogP contribution in [0.15, 0.2) is 58.1 Å². The van der Waals surface area contributed by atoms with E-state index in [1.807, 2.05) is 0 Å². The number of ether oxygens (including phenoxy) is 1. The van der Waals surface area contributed by atoms with E-state index in [0.29, 0.717) is 16.9 Å². The van der Waals surface area contributed by atoms with Crippen LogP contribution in [0.3, 0.4) is 0 Å². The van der Waals surface area contributed by atoms with Gasteiger partial charge in [0.2, 0.25) is 5.88 Å². The second-order valence-corrected chi connectivity index (χ2v) is 7.77. The number of hydrogen-bond donors (Lipinski definition) is 1. The summed E-state index contributed by atoms with van der Waals surface area (Å²) in [4.78, 5) is 36.1. The molecular weight excluding hydrogens is 428 g/mol. The van der Waals surface area contributed by atoms with Crippen LogP contribution in [0.25, 0.3) is 0 Å². The minimum absolute atomic E-state index is 0.146. The molecule has 170 valence electrons. The van der Waals surface area contributed by atoms with Crippen LogP contribution in [0.1, 0.15) is 29.5 Å². The number of aromatic nitrogens is 2. The molecule has 1 heterocycles. The molecule has 2 atom stereocenters. The summed E-state index contributed by atoms with van der Waals surface area (Å²) >= 11 is 0.